The Hall–Kier alpha value is -1.36. The molecule has 1 rings (SSSR count). The lowest BCUT2D eigenvalue weighted by atomic mass is 10.2. The van der Waals surface area contributed by atoms with Gasteiger partial charge in [-0.1, -0.05) is 19.8 Å². The predicted molar refractivity (Wildman–Crippen MR) is 59.3 cm³/mol. The predicted octanol–water partition coefficient (Wildman–Crippen LogP) is 1.83. The molecule has 0 saturated heterocycles. The van der Waals surface area contributed by atoms with Gasteiger partial charge in [-0.25, -0.2) is 4.79 Å². The highest BCUT2D eigenvalue weighted by molar-refractivity contribution is 5.88. The van der Waals surface area contributed by atoms with Crippen LogP contribution in [0.5, 0.6) is 0 Å². The minimum Gasteiger partial charge on any atom is -0.478 e. The molecular weight excluding hydrogens is 208 g/mol. The highest BCUT2D eigenvalue weighted by Crippen LogP contribution is 2.09. The molecule has 0 saturated carbocycles. The second kappa shape index (κ2) is 6.27. The molecule has 1 heterocycles. The molecule has 0 aromatic carbocycles. The summed E-state index contributed by atoms with van der Waals surface area (Å²) in [6.07, 6.45) is 4.65. The van der Waals surface area contributed by atoms with Crippen LogP contribution in [0.3, 0.4) is 0 Å². The Labute approximate surface area is 95.0 Å². The minimum atomic E-state index is -0.958. The molecule has 0 atom stereocenters. The quantitative estimate of drug-likeness (QED) is 0.720. The zero-order valence-corrected chi connectivity index (χ0v) is 9.77. The summed E-state index contributed by atoms with van der Waals surface area (Å²) in [5.41, 5.74) is 0.835. The third-order valence-electron chi connectivity index (χ3n) is 2.42. The SMILES string of the molecule is CCCCCOCc1c(C(=O)O)cnn1C. The smallest absolute Gasteiger partial charge is 0.339 e. The molecule has 0 radical (unpaired) electrons. The van der Waals surface area contributed by atoms with Crippen molar-refractivity contribution in [2.75, 3.05) is 6.61 Å². The van der Waals surface area contributed by atoms with Gasteiger partial charge in [0, 0.05) is 13.7 Å². The van der Waals surface area contributed by atoms with Gasteiger partial charge in [0.2, 0.25) is 0 Å². The van der Waals surface area contributed by atoms with Crippen molar-refractivity contribution >= 4 is 5.97 Å². The molecule has 16 heavy (non-hydrogen) atoms. The van der Waals surface area contributed by atoms with Gasteiger partial charge in [0.1, 0.15) is 5.56 Å². The molecule has 0 aliphatic heterocycles. The molecule has 5 heteroatoms. The highest BCUT2D eigenvalue weighted by atomic mass is 16.5. The van der Waals surface area contributed by atoms with Gasteiger partial charge in [-0.15, -0.1) is 0 Å². The van der Waals surface area contributed by atoms with E-state index < -0.39 is 5.97 Å². The minimum absolute atomic E-state index is 0.220. The van der Waals surface area contributed by atoms with E-state index in [4.69, 9.17) is 9.84 Å². The third kappa shape index (κ3) is 3.34. The van der Waals surface area contributed by atoms with E-state index in [9.17, 15) is 4.79 Å². The Kier molecular flexibility index (Phi) is 4.98. The van der Waals surface area contributed by atoms with Crippen molar-refractivity contribution < 1.29 is 14.6 Å². The number of hydrogen-bond donors (Lipinski definition) is 1. The van der Waals surface area contributed by atoms with Gasteiger partial charge in [0.15, 0.2) is 0 Å². The Morgan fingerprint density at radius 2 is 2.31 bits per heavy atom. The number of carbonyl (C=O) groups is 1. The van der Waals surface area contributed by atoms with Crippen LogP contribution in [0.2, 0.25) is 0 Å². The average Bonchev–Trinajstić information content (AvgIpc) is 2.60. The molecule has 90 valence electrons. The van der Waals surface area contributed by atoms with Crippen molar-refractivity contribution in [3.05, 3.63) is 17.5 Å². The number of hydrogen-bond acceptors (Lipinski definition) is 3. The second-order valence-electron chi connectivity index (χ2n) is 3.69. The fourth-order valence-corrected chi connectivity index (χ4v) is 1.44. The van der Waals surface area contributed by atoms with Gasteiger partial charge in [-0.2, -0.15) is 5.10 Å². The molecule has 0 unspecified atom stereocenters. The number of rotatable bonds is 7. The number of unbranched alkanes of at least 4 members (excludes halogenated alkanes) is 2. The van der Waals surface area contributed by atoms with Crippen LogP contribution in [-0.2, 0) is 18.4 Å². The standard InChI is InChI=1S/C11H18N2O3/c1-3-4-5-6-16-8-10-9(11(14)15)7-12-13(10)2/h7H,3-6,8H2,1-2H3,(H,14,15). The Balaban J connectivity index is 2.46. The van der Waals surface area contributed by atoms with Gasteiger partial charge in [-0.3, -0.25) is 4.68 Å². The van der Waals surface area contributed by atoms with Crippen LogP contribution in [0, 0.1) is 0 Å². The highest BCUT2D eigenvalue weighted by Gasteiger charge is 2.14. The summed E-state index contributed by atoms with van der Waals surface area (Å²) in [7, 11) is 1.72. The van der Waals surface area contributed by atoms with E-state index in [0.29, 0.717) is 18.9 Å². The lowest BCUT2D eigenvalue weighted by molar-refractivity contribution is 0.0685. The molecule has 0 aliphatic carbocycles. The monoisotopic (exact) mass is 226 g/mol. The van der Waals surface area contributed by atoms with Crippen molar-refractivity contribution in [1.29, 1.82) is 0 Å². The van der Waals surface area contributed by atoms with Gasteiger partial charge in [0.05, 0.1) is 18.5 Å². The largest absolute Gasteiger partial charge is 0.478 e. The van der Waals surface area contributed by atoms with Gasteiger partial charge >= 0.3 is 5.97 Å². The normalized spacial score (nSPS) is 10.6. The van der Waals surface area contributed by atoms with E-state index in [0.717, 1.165) is 19.3 Å². The molecule has 0 bridgehead atoms. The van der Waals surface area contributed by atoms with E-state index >= 15 is 0 Å². The maximum atomic E-state index is 10.9. The Bertz CT molecular complexity index is 347. The summed E-state index contributed by atoms with van der Waals surface area (Å²) in [4.78, 5) is 10.9. The van der Waals surface area contributed by atoms with Crippen molar-refractivity contribution in [1.82, 2.24) is 9.78 Å². The molecule has 1 aromatic rings. The Morgan fingerprint density at radius 3 is 2.94 bits per heavy atom. The molecule has 0 amide bonds. The maximum Gasteiger partial charge on any atom is 0.339 e. The second-order valence-corrected chi connectivity index (χ2v) is 3.69. The van der Waals surface area contributed by atoms with Crippen LogP contribution in [0.1, 0.15) is 42.2 Å². The molecule has 5 nitrogen and oxygen atoms in total. The summed E-state index contributed by atoms with van der Waals surface area (Å²) in [5.74, 6) is -0.958. The van der Waals surface area contributed by atoms with Gasteiger partial charge in [0.25, 0.3) is 0 Å². The first kappa shape index (κ1) is 12.7. The van der Waals surface area contributed by atoms with E-state index in [2.05, 4.69) is 12.0 Å². The number of nitrogens with zero attached hydrogens (tertiary/aromatic N) is 2. The van der Waals surface area contributed by atoms with Crippen LogP contribution in [0.25, 0.3) is 0 Å². The first-order valence-corrected chi connectivity index (χ1v) is 5.48. The number of aromatic carboxylic acids is 1. The van der Waals surface area contributed by atoms with E-state index in [1.54, 1.807) is 11.7 Å². The van der Waals surface area contributed by atoms with Gasteiger partial charge < -0.3 is 9.84 Å². The third-order valence-corrected chi connectivity index (χ3v) is 2.42. The van der Waals surface area contributed by atoms with Crippen molar-refractivity contribution in [2.45, 2.75) is 32.8 Å². The van der Waals surface area contributed by atoms with Crippen molar-refractivity contribution in [3.63, 3.8) is 0 Å². The molecule has 0 aliphatic rings. The van der Waals surface area contributed by atoms with Gasteiger partial charge in [-0.05, 0) is 6.42 Å². The molecule has 0 spiro atoms. The van der Waals surface area contributed by atoms with Crippen LogP contribution in [0.15, 0.2) is 6.20 Å². The van der Waals surface area contributed by atoms with Crippen LogP contribution >= 0.6 is 0 Å². The fourth-order valence-electron chi connectivity index (χ4n) is 1.44. The number of ether oxygens (including phenoxy) is 1. The van der Waals surface area contributed by atoms with Crippen LogP contribution in [-0.4, -0.2) is 27.5 Å². The fraction of sp³-hybridized carbons (Fsp3) is 0.636. The van der Waals surface area contributed by atoms with E-state index in [1.807, 2.05) is 0 Å². The summed E-state index contributed by atoms with van der Waals surface area (Å²) in [6.45, 7) is 3.10. The topological polar surface area (TPSA) is 64.3 Å². The Morgan fingerprint density at radius 1 is 1.56 bits per heavy atom. The lowest BCUT2D eigenvalue weighted by Gasteiger charge is -2.05. The summed E-state index contributed by atoms with van der Waals surface area (Å²) < 4.78 is 6.97. The molecule has 0 fully saturated rings. The zero-order valence-electron chi connectivity index (χ0n) is 9.77. The zero-order chi connectivity index (χ0) is 12.0. The lowest BCUT2D eigenvalue weighted by Crippen LogP contribution is -2.07. The number of aryl methyl sites for hydroxylation is 1. The van der Waals surface area contributed by atoms with E-state index in [1.165, 1.54) is 6.20 Å². The van der Waals surface area contributed by atoms with Crippen molar-refractivity contribution in [2.24, 2.45) is 7.05 Å². The number of aromatic nitrogens is 2. The summed E-state index contributed by atoms with van der Waals surface area (Å²) >= 11 is 0. The molecule has 1 N–H and O–H groups in total. The molecular formula is C11H18N2O3. The first-order chi connectivity index (χ1) is 7.66. The summed E-state index contributed by atoms with van der Waals surface area (Å²) in [6, 6.07) is 0. The average molecular weight is 226 g/mol. The first-order valence-electron chi connectivity index (χ1n) is 5.48. The van der Waals surface area contributed by atoms with Crippen molar-refractivity contribution in [3.8, 4) is 0 Å². The summed E-state index contributed by atoms with van der Waals surface area (Å²) in [5, 5.41) is 12.8. The number of carboxylic acids is 1. The number of carboxylic acid groups (broad SMARTS) is 1. The van der Waals surface area contributed by atoms with E-state index in [-0.39, 0.29) is 5.56 Å². The van der Waals surface area contributed by atoms with Crippen LogP contribution < -0.4 is 0 Å². The van der Waals surface area contributed by atoms with Crippen LogP contribution in [0.4, 0.5) is 0 Å². The molecule has 1 aromatic heterocycles. The maximum absolute atomic E-state index is 10.9.